The van der Waals surface area contributed by atoms with Crippen molar-refractivity contribution >= 4 is 0 Å². The maximum Gasteiger partial charge on any atom is 0.000157 e. The molecule has 0 fully saturated rings. The second-order valence-corrected chi connectivity index (χ2v) is 6.49. The summed E-state index contributed by atoms with van der Waals surface area (Å²) < 4.78 is 0. The minimum absolute atomic E-state index is 0.214. The van der Waals surface area contributed by atoms with Crippen molar-refractivity contribution in [1.82, 2.24) is 0 Å². The second kappa shape index (κ2) is 6.23. The molecule has 0 radical (unpaired) electrons. The lowest BCUT2D eigenvalue weighted by molar-refractivity contribution is 0.589. The fourth-order valence-corrected chi connectivity index (χ4v) is 2.49. The average Bonchev–Trinajstić information content (AvgIpc) is 2.45. The molecule has 1 heteroatoms. The smallest absolute Gasteiger partial charge is 0.000157 e. The van der Waals surface area contributed by atoms with Crippen LogP contribution in [0.25, 0.3) is 0 Å². The standard InChI is InChI=1S/C19H25N/c1-19(2,3)18-11-9-15(10-12-18)13-17(14-20)16-7-5-4-6-8-16/h4-12,17H,13-14,20H2,1-3H3. The van der Waals surface area contributed by atoms with Crippen LogP contribution in [0.5, 0.6) is 0 Å². The summed E-state index contributed by atoms with van der Waals surface area (Å²) in [6, 6.07) is 19.5. The molecule has 0 aliphatic rings. The molecule has 0 aliphatic carbocycles. The molecule has 2 aromatic carbocycles. The van der Waals surface area contributed by atoms with Gasteiger partial charge in [0.15, 0.2) is 0 Å². The molecule has 1 unspecified atom stereocenters. The van der Waals surface area contributed by atoms with Crippen LogP contribution in [0.2, 0.25) is 0 Å². The van der Waals surface area contributed by atoms with E-state index in [1.54, 1.807) is 0 Å². The monoisotopic (exact) mass is 267 g/mol. The summed E-state index contributed by atoms with van der Waals surface area (Å²) in [6.07, 6.45) is 1.00. The van der Waals surface area contributed by atoms with Crippen molar-refractivity contribution in [3.05, 3.63) is 71.3 Å². The lowest BCUT2D eigenvalue weighted by atomic mass is 9.85. The highest BCUT2D eigenvalue weighted by atomic mass is 14.5. The van der Waals surface area contributed by atoms with E-state index in [0.717, 1.165) is 6.42 Å². The molecular formula is C19H25N. The first kappa shape index (κ1) is 14.8. The Bertz CT molecular complexity index is 520. The van der Waals surface area contributed by atoms with Crippen molar-refractivity contribution in [1.29, 1.82) is 0 Å². The lowest BCUT2D eigenvalue weighted by Gasteiger charge is -2.20. The third-order valence-corrected chi connectivity index (χ3v) is 3.86. The van der Waals surface area contributed by atoms with Crippen LogP contribution in [0.4, 0.5) is 0 Å². The fraction of sp³-hybridized carbons (Fsp3) is 0.368. The van der Waals surface area contributed by atoms with Crippen LogP contribution in [-0.4, -0.2) is 6.54 Å². The summed E-state index contributed by atoms with van der Waals surface area (Å²) in [4.78, 5) is 0. The van der Waals surface area contributed by atoms with Gasteiger partial charge in [-0.25, -0.2) is 0 Å². The Morgan fingerprint density at radius 1 is 0.900 bits per heavy atom. The van der Waals surface area contributed by atoms with Gasteiger partial charge in [0.1, 0.15) is 0 Å². The Hall–Kier alpha value is -1.60. The summed E-state index contributed by atoms with van der Waals surface area (Å²) in [5.41, 5.74) is 10.2. The van der Waals surface area contributed by atoms with Gasteiger partial charge in [-0.05, 0) is 35.1 Å². The van der Waals surface area contributed by atoms with Gasteiger partial charge in [-0.2, -0.15) is 0 Å². The zero-order chi connectivity index (χ0) is 14.6. The lowest BCUT2D eigenvalue weighted by Crippen LogP contribution is -2.15. The highest BCUT2D eigenvalue weighted by Gasteiger charge is 2.14. The molecule has 0 bridgehead atoms. The first-order valence-corrected chi connectivity index (χ1v) is 7.35. The molecule has 2 rings (SSSR count). The number of rotatable bonds is 4. The summed E-state index contributed by atoms with van der Waals surface area (Å²) in [6.45, 7) is 7.42. The molecule has 0 amide bonds. The highest BCUT2D eigenvalue weighted by Crippen LogP contribution is 2.24. The maximum atomic E-state index is 5.95. The van der Waals surface area contributed by atoms with Gasteiger partial charge in [-0.1, -0.05) is 75.4 Å². The van der Waals surface area contributed by atoms with Crippen LogP contribution in [-0.2, 0) is 11.8 Å². The van der Waals surface area contributed by atoms with E-state index in [2.05, 4.69) is 75.4 Å². The number of hydrogen-bond acceptors (Lipinski definition) is 1. The van der Waals surface area contributed by atoms with Gasteiger partial charge in [0.05, 0.1) is 0 Å². The summed E-state index contributed by atoms with van der Waals surface area (Å²) >= 11 is 0. The highest BCUT2D eigenvalue weighted by molar-refractivity contribution is 5.30. The van der Waals surface area contributed by atoms with Gasteiger partial charge in [-0.3, -0.25) is 0 Å². The summed E-state index contributed by atoms with van der Waals surface area (Å²) in [5.74, 6) is 0.400. The van der Waals surface area contributed by atoms with E-state index in [0.29, 0.717) is 12.5 Å². The number of hydrogen-bond donors (Lipinski definition) is 1. The van der Waals surface area contributed by atoms with Gasteiger partial charge >= 0.3 is 0 Å². The van der Waals surface area contributed by atoms with Gasteiger partial charge in [0.2, 0.25) is 0 Å². The SMILES string of the molecule is CC(C)(C)c1ccc(CC(CN)c2ccccc2)cc1. The van der Waals surface area contributed by atoms with Crippen molar-refractivity contribution in [2.75, 3.05) is 6.54 Å². The second-order valence-electron chi connectivity index (χ2n) is 6.49. The topological polar surface area (TPSA) is 26.0 Å². The molecule has 1 nitrogen and oxygen atoms in total. The molecule has 0 saturated heterocycles. The van der Waals surface area contributed by atoms with Crippen molar-refractivity contribution in [3.8, 4) is 0 Å². The van der Waals surface area contributed by atoms with Crippen LogP contribution < -0.4 is 5.73 Å². The predicted octanol–water partition coefficient (Wildman–Crippen LogP) is 4.27. The normalized spacial score (nSPS) is 13.2. The zero-order valence-corrected chi connectivity index (χ0v) is 12.8. The minimum Gasteiger partial charge on any atom is -0.330 e. The molecule has 0 heterocycles. The zero-order valence-electron chi connectivity index (χ0n) is 12.8. The summed E-state index contributed by atoms with van der Waals surface area (Å²) in [5, 5.41) is 0. The molecular weight excluding hydrogens is 242 g/mol. The van der Waals surface area contributed by atoms with Crippen LogP contribution in [0.15, 0.2) is 54.6 Å². The molecule has 1 atom stereocenters. The Balaban J connectivity index is 2.13. The largest absolute Gasteiger partial charge is 0.330 e. The van der Waals surface area contributed by atoms with E-state index >= 15 is 0 Å². The van der Waals surface area contributed by atoms with Crippen molar-refractivity contribution < 1.29 is 0 Å². The Morgan fingerprint density at radius 2 is 1.50 bits per heavy atom. The van der Waals surface area contributed by atoms with E-state index in [-0.39, 0.29) is 5.41 Å². The van der Waals surface area contributed by atoms with Crippen LogP contribution in [0.3, 0.4) is 0 Å². The minimum atomic E-state index is 0.214. The van der Waals surface area contributed by atoms with Gasteiger partial charge < -0.3 is 5.73 Å². The van der Waals surface area contributed by atoms with Crippen LogP contribution in [0.1, 0.15) is 43.4 Å². The number of benzene rings is 2. The molecule has 106 valence electrons. The fourth-order valence-electron chi connectivity index (χ4n) is 2.49. The van der Waals surface area contributed by atoms with Crippen molar-refractivity contribution in [3.63, 3.8) is 0 Å². The average molecular weight is 267 g/mol. The number of nitrogens with two attached hydrogens (primary N) is 1. The Labute approximate surface area is 122 Å². The van der Waals surface area contributed by atoms with Crippen LogP contribution >= 0.6 is 0 Å². The first-order chi connectivity index (χ1) is 9.50. The Morgan fingerprint density at radius 3 is 2.00 bits per heavy atom. The third-order valence-electron chi connectivity index (χ3n) is 3.86. The Kier molecular flexibility index (Phi) is 4.61. The van der Waals surface area contributed by atoms with E-state index in [4.69, 9.17) is 5.73 Å². The quantitative estimate of drug-likeness (QED) is 0.879. The molecule has 2 N–H and O–H groups in total. The molecule has 0 spiro atoms. The van der Waals surface area contributed by atoms with E-state index in [9.17, 15) is 0 Å². The van der Waals surface area contributed by atoms with E-state index < -0.39 is 0 Å². The predicted molar refractivity (Wildman–Crippen MR) is 87.1 cm³/mol. The van der Waals surface area contributed by atoms with Crippen molar-refractivity contribution in [2.45, 2.75) is 38.5 Å². The molecule has 0 aromatic heterocycles. The van der Waals surface area contributed by atoms with Gasteiger partial charge in [0, 0.05) is 5.92 Å². The molecule has 2 aromatic rings. The third kappa shape index (κ3) is 3.71. The maximum absolute atomic E-state index is 5.95. The van der Waals surface area contributed by atoms with E-state index in [1.165, 1.54) is 16.7 Å². The van der Waals surface area contributed by atoms with Crippen LogP contribution in [0, 0.1) is 0 Å². The summed E-state index contributed by atoms with van der Waals surface area (Å²) in [7, 11) is 0. The first-order valence-electron chi connectivity index (χ1n) is 7.35. The van der Waals surface area contributed by atoms with Gasteiger partial charge in [0.25, 0.3) is 0 Å². The molecule has 0 aliphatic heterocycles. The van der Waals surface area contributed by atoms with E-state index in [1.807, 2.05) is 0 Å². The van der Waals surface area contributed by atoms with Gasteiger partial charge in [-0.15, -0.1) is 0 Å². The molecule has 20 heavy (non-hydrogen) atoms. The molecule has 0 saturated carbocycles. The van der Waals surface area contributed by atoms with Crippen molar-refractivity contribution in [2.24, 2.45) is 5.73 Å².